The second-order valence-corrected chi connectivity index (χ2v) is 18.5. The molecule has 5 aromatic rings. The van der Waals surface area contributed by atoms with E-state index < -0.39 is 15.8 Å². The van der Waals surface area contributed by atoms with Crippen molar-refractivity contribution in [2.24, 2.45) is 0 Å². The van der Waals surface area contributed by atoms with Crippen LogP contribution in [0.15, 0.2) is 79.1 Å². The molecule has 15 heteroatoms. The monoisotopic (exact) mass is 811 g/mol. The Morgan fingerprint density at radius 3 is 2.33 bits per heavy atom. The van der Waals surface area contributed by atoms with Gasteiger partial charge in [0, 0.05) is 68.3 Å². The summed E-state index contributed by atoms with van der Waals surface area (Å²) in [4.78, 5) is 39.0. The Morgan fingerprint density at radius 2 is 1.65 bits per heavy atom. The van der Waals surface area contributed by atoms with Crippen molar-refractivity contribution in [1.82, 2.24) is 29.7 Å². The minimum Gasteiger partial charge on any atom is -0.354 e. The van der Waals surface area contributed by atoms with Crippen LogP contribution in [0.2, 0.25) is 0 Å². The number of benzene rings is 2. The van der Waals surface area contributed by atoms with Crippen LogP contribution in [-0.2, 0) is 20.2 Å². The first-order valence-corrected chi connectivity index (χ1v) is 22.0. The highest BCUT2D eigenvalue weighted by Gasteiger charge is 2.28. The number of nitrogens with zero attached hydrogens (tertiary/aromatic N) is 7. The summed E-state index contributed by atoms with van der Waals surface area (Å²) in [6.45, 7) is 13.3. The molecular formula is C42H50FN9O3S2. The maximum absolute atomic E-state index is 16.0. The van der Waals surface area contributed by atoms with E-state index in [4.69, 9.17) is 9.97 Å². The minimum atomic E-state index is -3.70. The molecule has 2 aliphatic rings. The minimum absolute atomic E-state index is 0.110. The van der Waals surface area contributed by atoms with E-state index in [0.717, 1.165) is 68.6 Å². The van der Waals surface area contributed by atoms with Crippen molar-refractivity contribution >= 4 is 50.4 Å². The number of thiazole rings is 1. The van der Waals surface area contributed by atoms with Crippen LogP contribution in [0.5, 0.6) is 0 Å². The molecule has 0 atom stereocenters. The quantitative estimate of drug-likeness (QED) is 0.130. The Balaban J connectivity index is 0.983. The van der Waals surface area contributed by atoms with Gasteiger partial charge in [0.2, 0.25) is 21.9 Å². The van der Waals surface area contributed by atoms with Crippen LogP contribution in [0.1, 0.15) is 63.4 Å². The molecule has 0 unspecified atom stereocenters. The number of rotatable bonds is 12. The predicted octanol–water partition coefficient (Wildman–Crippen LogP) is 7.52. The fourth-order valence-corrected chi connectivity index (χ4v) is 9.46. The van der Waals surface area contributed by atoms with Gasteiger partial charge in [0.15, 0.2) is 5.82 Å². The number of hydrogen-bond donors (Lipinski definition) is 2. The van der Waals surface area contributed by atoms with Gasteiger partial charge in [-0.3, -0.25) is 14.4 Å². The summed E-state index contributed by atoms with van der Waals surface area (Å²) in [5.41, 5.74) is 2.75. The van der Waals surface area contributed by atoms with Gasteiger partial charge in [-0.25, -0.2) is 32.7 Å². The Hall–Kier alpha value is -4.99. The van der Waals surface area contributed by atoms with Crippen LogP contribution in [0.25, 0.3) is 21.8 Å². The molecule has 3 aromatic heterocycles. The molecule has 2 fully saturated rings. The zero-order valence-electron chi connectivity index (χ0n) is 32.9. The van der Waals surface area contributed by atoms with Gasteiger partial charge in [0.05, 0.1) is 39.3 Å². The van der Waals surface area contributed by atoms with Crippen molar-refractivity contribution in [1.29, 1.82) is 0 Å². The Morgan fingerprint density at radius 1 is 0.895 bits per heavy atom. The predicted molar refractivity (Wildman–Crippen MR) is 226 cm³/mol. The number of sulfonamides is 1. The van der Waals surface area contributed by atoms with Crippen molar-refractivity contribution in [3.63, 3.8) is 0 Å². The summed E-state index contributed by atoms with van der Waals surface area (Å²) in [6, 6.07) is 20.7. The molecule has 7 rings (SSSR count). The van der Waals surface area contributed by atoms with Crippen LogP contribution in [0.4, 0.5) is 27.5 Å². The number of carbonyl (C=O) groups is 1. The van der Waals surface area contributed by atoms with Gasteiger partial charge in [-0.1, -0.05) is 52.0 Å². The number of carbonyl (C=O) groups excluding carboxylic acids is 1. The standard InChI is InChI=1S/C42H50FN9O3S2/c1-5-27-57(54,55)49-33-10-8-9-32(37(33)43)38-39(56-40(48-38)42(2,3)4)34-16-20-45-41(47-34)46-31-14-12-29(13-15-31)30-17-21-52(22-18-30)36(53)28-50-23-25-51(26-24-50)35-11-6-7-19-44-35/h6-16,19-20,30,49H,5,17-18,21-28H2,1-4H3,(H,45,46,47). The lowest BCUT2D eigenvalue weighted by atomic mass is 9.89. The SMILES string of the molecule is CCCS(=O)(=O)Nc1cccc(-c2nc(C(C)(C)C)sc2-c2ccnc(Nc3ccc(C4CCN(C(=O)CN5CCN(c6ccccn6)CC5)CC4)cc3)n2)c1F. The van der Waals surface area contributed by atoms with Crippen LogP contribution >= 0.6 is 11.3 Å². The molecule has 2 N–H and O–H groups in total. The van der Waals surface area contributed by atoms with Gasteiger partial charge >= 0.3 is 0 Å². The first-order chi connectivity index (χ1) is 27.4. The summed E-state index contributed by atoms with van der Waals surface area (Å²) in [6.07, 6.45) is 5.71. The molecule has 300 valence electrons. The largest absolute Gasteiger partial charge is 0.354 e. The van der Waals surface area contributed by atoms with Crippen molar-refractivity contribution in [3.8, 4) is 21.8 Å². The van der Waals surface area contributed by atoms with Crippen LogP contribution in [-0.4, -0.2) is 95.6 Å². The second kappa shape index (κ2) is 17.2. The van der Waals surface area contributed by atoms with Crippen molar-refractivity contribution in [3.05, 3.63) is 95.5 Å². The number of hydrogen-bond acceptors (Lipinski definition) is 11. The van der Waals surface area contributed by atoms with E-state index in [-0.39, 0.29) is 28.3 Å². The molecule has 0 spiro atoms. The maximum atomic E-state index is 16.0. The molecule has 12 nitrogen and oxygen atoms in total. The second-order valence-electron chi connectivity index (χ2n) is 15.7. The third-order valence-corrected chi connectivity index (χ3v) is 13.3. The third-order valence-electron chi connectivity index (χ3n) is 10.3. The van der Waals surface area contributed by atoms with Crippen LogP contribution in [0, 0.1) is 5.82 Å². The number of amides is 1. The molecule has 0 saturated carbocycles. The number of piperidine rings is 1. The summed E-state index contributed by atoms with van der Waals surface area (Å²) in [5, 5.41) is 4.11. The number of anilines is 4. The lowest BCUT2D eigenvalue weighted by molar-refractivity contribution is -0.133. The van der Waals surface area contributed by atoms with E-state index in [1.54, 1.807) is 31.3 Å². The number of halogens is 1. The number of aromatic nitrogens is 4. The van der Waals surface area contributed by atoms with Gasteiger partial charge < -0.3 is 15.1 Å². The number of nitrogens with one attached hydrogen (secondary N) is 2. The summed E-state index contributed by atoms with van der Waals surface area (Å²) < 4.78 is 43.4. The highest BCUT2D eigenvalue weighted by Crippen LogP contribution is 2.42. The molecule has 2 saturated heterocycles. The maximum Gasteiger partial charge on any atom is 0.236 e. The average Bonchev–Trinajstić information content (AvgIpc) is 3.66. The van der Waals surface area contributed by atoms with Gasteiger partial charge in [0.1, 0.15) is 5.82 Å². The molecule has 2 aromatic carbocycles. The molecule has 57 heavy (non-hydrogen) atoms. The fourth-order valence-electron chi connectivity index (χ4n) is 7.22. The fraction of sp³-hybridized carbons (Fsp3) is 0.405. The molecule has 2 aliphatic heterocycles. The summed E-state index contributed by atoms with van der Waals surface area (Å²) in [7, 11) is -3.70. The summed E-state index contributed by atoms with van der Waals surface area (Å²) in [5.74, 6) is 1.14. The molecule has 1 amide bonds. The van der Waals surface area contributed by atoms with E-state index in [1.165, 1.54) is 23.0 Å². The zero-order chi connectivity index (χ0) is 40.2. The molecule has 0 bridgehead atoms. The first kappa shape index (κ1) is 40.2. The van der Waals surface area contributed by atoms with E-state index in [9.17, 15) is 13.2 Å². The lowest BCUT2D eigenvalue weighted by Crippen LogP contribution is -2.51. The van der Waals surface area contributed by atoms with Gasteiger partial charge in [-0.15, -0.1) is 11.3 Å². The van der Waals surface area contributed by atoms with E-state index in [2.05, 4.69) is 41.9 Å². The highest BCUT2D eigenvalue weighted by molar-refractivity contribution is 7.92. The Bertz CT molecular complexity index is 2270. The molecule has 0 aliphatic carbocycles. The Labute approximate surface area is 338 Å². The van der Waals surface area contributed by atoms with Gasteiger partial charge in [-0.05, 0) is 73.2 Å². The van der Waals surface area contributed by atoms with Crippen molar-refractivity contribution in [2.75, 3.05) is 66.5 Å². The number of likely N-dealkylation sites (tertiary alicyclic amines) is 1. The Kier molecular flexibility index (Phi) is 12.2. The zero-order valence-corrected chi connectivity index (χ0v) is 34.5. The van der Waals surface area contributed by atoms with E-state index in [1.807, 2.05) is 62.2 Å². The number of pyridine rings is 1. The third kappa shape index (κ3) is 9.77. The summed E-state index contributed by atoms with van der Waals surface area (Å²) >= 11 is 1.43. The topological polar surface area (TPSA) is 137 Å². The lowest BCUT2D eigenvalue weighted by Gasteiger charge is -2.37. The normalized spacial score (nSPS) is 15.8. The first-order valence-electron chi connectivity index (χ1n) is 19.5. The van der Waals surface area contributed by atoms with Crippen LogP contribution in [0.3, 0.4) is 0 Å². The highest BCUT2D eigenvalue weighted by atomic mass is 32.2. The number of piperazine rings is 1. The van der Waals surface area contributed by atoms with Crippen molar-refractivity contribution < 1.29 is 17.6 Å². The molecule has 0 radical (unpaired) electrons. The van der Waals surface area contributed by atoms with Crippen molar-refractivity contribution in [2.45, 2.75) is 58.3 Å². The smallest absolute Gasteiger partial charge is 0.236 e. The van der Waals surface area contributed by atoms with Gasteiger partial charge in [-0.2, -0.15) is 0 Å². The van der Waals surface area contributed by atoms with Gasteiger partial charge in [0.25, 0.3) is 0 Å². The molecule has 5 heterocycles. The van der Waals surface area contributed by atoms with Crippen LogP contribution < -0.4 is 14.9 Å². The van der Waals surface area contributed by atoms with E-state index >= 15 is 4.39 Å². The molecular weight excluding hydrogens is 762 g/mol. The average molecular weight is 812 g/mol. The van der Waals surface area contributed by atoms with E-state index in [0.29, 0.717) is 41.1 Å².